The van der Waals surface area contributed by atoms with Gasteiger partial charge < -0.3 is 0 Å². The summed E-state index contributed by atoms with van der Waals surface area (Å²) in [5, 5.41) is 1.35. The van der Waals surface area contributed by atoms with Gasteiger partial charge in [0.25, 0.3) is 0 Å². The van der Waals surface area contributed by atoms with Crippen LogP contribution >= 0.6 is 23.2 Å². The second-order valence-corrected chi connectivity index (χ2v) is 4.72. The Labute approximate surface area is 75.4 Å². The van der Waals surface area contributed by atoms with E-state index in [2.05, 4.69) is 0 Å². The first-order valence-corrected chi connectivity index (χ1v) is 5.53. The van der Waals surface area contributed by atoms with Crippen molar-refractivity contribution < 1.29 is 8.42 Å². The molecule has 0 aromatic carbocycles. The first-order chi connectivity index (χ1) is 5.05. The number of sulfone groups is 1. The summed E-state index contributed by atoms with van der Waals surface area (Å²) in [4.78, 5) is 0. The maximum Gasteiger partial charge on any atom is 0.177 e. The molecule has 0 fully saturated rings. The van der Waals surface area contributed by atoms with Gasteiger partial charge in [-0.1, -0.05) is 17.7 Å². The van der Waals surface area contributed by atoms with E-state index in [1.807, 2.05) is 0 Å². The van der Waals surface area contributed by atoms with E-state index in [1.165, 1.54) is 0 Å². The summed E-state index contributed by atoms with van der Waals surface area (Å²) in [5.74, 6) is 0.271. The molecule has 0 spiro atoms. The average molecular weight is 213 g/mol. The highest BCUT2D eigenvalue weighted by atomic mass is 35.5. The van der Waals surface area contributed by atoms with Gasteiger partial charge in [0, 0.05) is 11.3 Å². The van der Waals surface area contributed by atoms with Crippen molar-refractivity contribution in [2.75, 3.05) is 11.6 Å². The molecule has 1 aliphatic rings. The van der Waals surface area contributed by atoms with E-state index < -0.39 is 9.84 Å². The van der Waals surface area contributed by atoms with Crippen molar-refractivity contribution in [1.82, 2.24) is 0 Å². The van der Waals surface area contributed by atoms with Gasteiger partial charge in [-0.15, -0.1) is 11.6 Å². The normalized spacial score (nSPS) is 25.6. The largest absolute Gasteiger partial charge is 0.224 e. The standard InChI is InChI=1S/C6H6Cl2O2S/c7-2-1-5-3-11(9,10)4-6(5)8/h1,4H,2-3H2. The van der Waals surface area contributed by atoms with Crippen LogP contribution in [0.5, 0.6) is 0 Å². The van der Waals surface area contributed by atoms with Crippen LogP contribution in [0.25, 0.3) is 0 Å². The van der Waals surface area contributed by atoms with Gasteiger partial charge in [-0.3, -0.25) is 0 Å². The molecule has 0 saturated carbocycles. The van der Waals surface area contributed by atoms with Crippen LogP contribution in [0, 0.1) is 0 Å². The van der Waals surface area contributed by atoms with Crippen molar-refractivity contribution in [3.8, 4) is 0 Å². The fourth-order valence-corrected chi connectivity index (χ4v) is 2.88. The van der Waals surface area contributed by atoms with Crippen LogP contribution in [0.4, 0.5) is 0 Å². The van der Waals surface area contributed by atoms with Crippen molar-refractivity contribution in [2.45, 2.75) is 0 Å². The van der Waals surface area contributed by atoms with E-state index in [0.717, 1.165) is 5.41 Å². The fraction of sp³-hybridized carbons (Fsp3) is 0.333. The second kappa shape index (κ2) is 3.17. The Balaban J connectivity index is 2.99. The van der Waals surface area contributed by atoms with Gasteiger partial charge in [0.15, 0.2) is 9.84 Å². The third-order valence-corrected chi connectivity index (χ3v) is 3.21. The van der Waals surface area contributed by atoms with Gasteiger partial charge in [-0.2, -0.15) is 0 Å². The molecule has 0 atom stereocenters. The highest BCUT2D eigenvalue weighted by Crippen LogP contribution is 2.25. The van der Waals surface area contributed by atoms with E-state index in [4.69, 9.17) is 23.2 Å². The monoisotopic (exact) mass is 212 g/mol. The molecule has 0 aromatic rings. The van der Waals surface area contributed by atoms with Crippen molar-refractivity contribution in [1.29, 1.82) is 0 Å². The molecule has 2 nitrogen and oxygen atoms in total. The molecule has 0 radical (unpaired) electrons. The van der Waals surface area contributed by atoms with Crippen molar-refractivity contribution >= 4 is 33.0 Å². The maximum atomic E-state index is 10.9. The van der Waals surface area contributed by atoms with Gasteiger partial charge in [-0.05, 0) is 5.57 Å². The molecule has 0 amide bonds. The Hall–Kier alpha value is 0.01000. The van der Waals surface area contributed by atoms with Crippen LogP contribution < -0.4 is 0 Å². The summed E-state index contributed by atoms with van der Waals surface area (Å²) >= 11 is 11.0. The van der Waals surface area contributed by atoms with Gasteiger partial charge in [-0.25, -0.2) is 8.42 Å². The minimum absolute atomic E-state index is 0.0153. The minimum Gasteiger partial charge on any atom is -0.224 e. The van der Waals surface area contributed by atoms with E-state index in [-0.39, 0.29) is 16.7 Å². The van der Waals surface area contributed by atoms with Gasteiger partial charge in [0.1, 0.15) is 0 Å². The van der Waals surface area contributed by atoms with Crippen LogP contribution in [0.1, 0.15) is 0 Å². The number of alkyl halides is 1. The van der Waals surface area contributed by atoms with Crippen LogP contribution in [-0.2, 0) is 9.84 Å². The lowest BCUT2D eigenvalue weighted by Crippen LogP contribution is -1.96. The number of hydrogen-bond acceptors (Lipinski definition) is 2. The fourth-order valence-electron chi connectivity index (χ4n) is 0.810. The second-order valence-electron chi connectivity index (χ2n) is 2.16. The van der Waals surface area contributed by atoms with Crippen LogP contribution in [0.15, 0.2) is 22.1 Å². The van der Waals surface area contributed by atoms with Crippen molar-refractivity contribution in [2.24, 2.45) is 0 Å². The summed E-state index contributed by atoms with van der Waals surface area (Å²) in [6.07, 6.45) is 1.60. The lowest BCUT2D eigenvalue weighted by atomic mass is 10.3. The summed E-state index contributed by atoms with van der Waals surface area (Å²) in [5.41, 5.74) is 0.599. The third kappa shape index (κ3) is 2.22. The molecule has 0 aromatic heterocycles. The number of hydrogen-bond donors (Lipinski definition) is 0. The zero-order valence-corrected chi connectivity index (χ0v) is 7.88. The zero-order chi connectivity index (χ0) is 8.48. The van der Waals surface area contributed by atoms with E-state index in [9.17, 15) is 8.42 Å². The smallest absolute Gasteiger partial charge is 0.177 e. The van der Waals surface area contributed by atoms with Gasteiger partial charge in [0.2, 0.25) is 0 Å². The maximum absolute atomic E-state index is 10.9. The molecule has 1 heterocycles. The Kier molecular flexibility index (Phi) is 2.62. The Morgan fingerprint density at radius 1 is 1.64 bits per heavy atom. The Bertz CT molecular complexity index is 313. The summed E-state index contributed by atoms with van der Waals surface area (Å²) < 4.78 is 21.8. The SMILES string of the molecule is O=S1(=O)C=C(Cl)C(=CCCl)C1. The molecule has 1 rings (SSSR count). The molecule has 62 valence electrons. The topological polar surface area (TPSA) is 34.1 Å². The van der Waals surface area contributed by atoms with Crippen molar-refractivity contribution in [3.05, 3.63) is 22.1 Å². The predicted octanol–water partition coefficient (Wildman–Crippen LogP) is 1.66. The van der Waals surface area contributed by atoms with Crippen LogP contribution in [-0.4, -0.2) is 20.1 Å². The minimum atomic E-state index is -3.09. The third-order valence-electron chi connectivity index (χ3n) is 1.27. The van der Waals surface area contributed by atoms with Crippen LogP contribution in [0.3, 0.4) is 0 Å². The van der Waals surface area contributed by atoms with E-state index >= 15 is 0 Å². The van der Waals surface area contributed by atoms with Crippen molar-refractivity contribution in [3.63, 3.8) is 0 Å². The summed E-state index contributed by atoms with van der Waals surface area (Å²) in [6.45, 7) is 0. The van der Waals surface area contributed by atoms with Gasteiger partial charge in [0.05, 0.1) is 10.8 Å². The summed E-state index contributed by atoms with van der Waals surface area (Å²) in [7, 11) is -3.09. The lowest BCUT2D eigenvalue weighted by Gasteiger charge is -1.91. The molecular formula is C6H6Cl2O2S. The Morgan fingerprint density at radius 2 is 2.27 bits per heavy atom. The highest BCUT2D eigenvalue weighted by Gasteiger charge is 2.21. The molecule has 1 aliphatic heterocycles. The van der Waals surface area contributed by atoms with E-state index in [0.29, 0.717) is 5.57 Å². The number of allylic oxidation sites excluding steroid dienone is 2. The molecule has 5 heteroatoms. The lowest BCUT2D eigenvalue weighted by molar-refractivity contribution is 0.608. The zero-order valence-electron chi connectivity index (χ0n) is 5.55. The molecule has 0 aliphatic carbocycles. The average Bonchev–Trinajstić information content (AvgIpc) is 2.07. The van der Waals surface area contributed by atoms with Crippen LogP contribution in [0.2, 0.25) is 0 Å². The molecule has 11 heavy (non-hydrogen) atoms. The van der Waals surface area contributed by atoms with Gasteiger partial charge >= 0.3 is 0 Å². The molecule has 0 saturated heterocycles. The first kappa shape index (κ1) is 9.10. The number of rotatable bonds is 1. The Morgan fingerprint density at radius 3 is 2.64 bits per heavy atom. The predicted molar refractivity (Wildman–Crippen MR) is 46.5 cm³/mol. The molecular weight excluding hydrogens is 207 g/mol. The highest BCUT2D eigenvalue weighted by molar-refractivity contribution is 7.94. The quantitative estimate of drug-likeness (QED) is 0.620. The number of halogens is 2. The molecule has 0 unspecified atom stereocenters. The molecule has 0 bridgehead atoms. The first-order valence-electron chi connectivity index (χ1n) is 2.90. The van der Waals surface area contributed by atoms with E-state index in [1.54, 1.807) is 6.08 Å². The molecule has 0 N–H and O–H groups in total. The summed E-state index contributed by atoms with van der Waals surface area (Å²) in [6, 6.07) is 0.